The molecule has 1 N–H and O–H groups in total. The number of amides is 2. The fourth-order valence-corrected chi connectivity index (χ4v) is 5.60. The fraction of sp³-hybridized carbons (Fsp3) is 0.258. The van der Waals surface area contributed by atoms with Crippen LogP contribution >= 0.6 is 0 Å². The normalized spacial score (nSPS) is 16.6. The zero-order chi connectivity index (χ0) is 26.4. The lowest BCUT2D eigenvalue weighted by molar-refractivity contribution is -0.139. The number of hydrogen-bond acceptors (Lipinski definition) is 5. The maximum atomic E-state index is 13.7. The van der Waals surface area contributed by atoms with Crippen LogP contribution in [0.4, 0.5) is 5.69 Å². The van der Waals surface area contributed by atoms with Crippen LogP contribution in [-0.2, 0) is 22.7 Å². The number of nitrogens with zero attached hydrogens (tertiary/aromatic N) is 3. The van der Waals surface area contributed by atoms with Gasteiger partial charge in [0.2, 0.25) is 5.91 Å². The Morgan fingerprint density at radius 3 is 2.76 bits per heavy atom. The Hall–Kier alpha value is -4.39. The second-order valence-corrected chi connectivity index (χ2v) is 10.4. The van der Waals surface area contributed by atoms with Crippen LogP contribution in [0, 0.1) is 5.92 Å². The molecule has 6 rings (SSSR count). The summed E-state index contributed by atoms with van der Waals surface area (Å²) in [6.45, 7) is 7.34. The van der Waals surface area contributed by atoms with Gasteiger partial charge < -0.3 is 14.6 Å². The van der Waals surface area contributed by atoms with Crippen LogP contribution in [0.25, 0.3) is 10.9 Å². The Balaban J connectivity index is 1.49. The minimum absolute atomic E-state index is 0.240. The molecular weight excluding hydrogens is 476 g/mol. The van der Waals surface area contributed by atoms with Crippen molar-refractivity contribution in [1.82, 2.24) is 14.5 Å². The third kappa shape index (κ3) is 4.14. The summed E-state index contributed by atoms with van der Waals surface area (Å²) in [6, 6.07) is 18.0. The van der Waals surface area contributed by atoms with E-state index in [-0.39, 0.29) is 24.3 Å². The van der Waals surface area contributed by atoms with E-state index in [9.17, 15) is 9.59 Å². The molecule has 0 bridgehead atoms. The van der Waals surface area contributed by atoms with Crippen LogP contribution in [-0.4, -0.2) is 32.8 Å². The first-order valence-corrected chi connectivity index (χ1v) is 13.0. The van der Waals surface area contributed by atoms with E-state index in [1.807, 2.05) is 48.5 Å². The highest BCUT2D eigenvalue weighted by Gasteiger charge is 2.41. The van der Waals surface area contributed by atoms with Gasteiger partial charge in [0.15, 0.2) is 0 Å². The highest BCUT2D eigenvalue weighted by molar-refractivity contribution is 6.11. The molecule has 38 heavy (non-hydrogen) atoms. The number of carbonyl (C=O) groups is 2. The Bertz CT molecular complexity index is 1590. The van der Waals surface area contributed by atoms with Crippen molar-refractivity contribution < 1.29 is 14.3 Å². The molecule has 7 nitrogen and oxygen atoms in total. The van der Waals surface area contributed by atoms with E-state index >= 15 is 0 Å². The average molecular weight is 507 g/mol. The van der Waals surface area contributed by atoms with Crippen molar-refractivity contribution in [1.29, 1.82) is 0 Å². The number of imide groups is 1. The van der Waals surface area contributed by atoms with Crippen LogP contribution in [0.15, 0.2) is 84.5 Å². The third-order valence-electron chi connectivity index (χ3n) is 7.20. The lowest BCUT2D eigenvalue weighted by atomic mass is 9.84. The van der Waals surface area contributed by atoms with Crippen molar-refractivity contribution in [3.8, 4) is 5.75 Å². The summed E-state index contributed by atoms with van der Waals surface area (Å²) in [4.78, 5) is 31.6. The number of nitrogens with one attached hydrogen (secondary N) is 1. The highest BCUT2D eigenvalue weighted by Crippen LogP contribution is 2.47. The monoisotopic (exact) mass is 506 g/mol. The lowest BCUT2D eigenvalue weighted by Gasteiger charge is -2.20. The zero-order valence-corrected chi connectivity index (χ0v) is 21.8. The van der Waals surface area contributed by atoms with Gasteiger partial charge >= 0.3 is 0 Å². The first-order valence-electron chi connectivity index (χ1n) is 13.0. The SMILES string of the molecule is CC(=O)N1CC2=C(C1=O)[C@@H](c1cccc(OCc3cccnc3)c1)c1cn(CC(C)C)c3cccc(c13)N2. The van der Waals surface area contributed by atoms with Crippen molar-refractivity contribution in [2.24, 2.45) is 5.92 Å². The molecule has 2 amide bonds. The molecule has 0 radical (unpaired) electrons. The van der Waals surface area contributed by atoms with Gasteiger partial charge in [-0.05, 0) is 47.4 Å². The largest absolute Gasteiger partial charge is 0.489 e. The van der Waals surface area contributed by atoms with E-state index in [1.165, 1.54) is 11.8 Å². The Morgan fingerprint density at radius 1 is 1.16 bits per heavy atom. The quantitative estimate of drug-likeness (QED) is 0.375. The van der Waals surface area contributed by atoms with E-state index in [0.29, 0.717) is 23.8 Å². The van der Waals surface area contributed by atoms with Gasteiger partial charge in [-0.3, -0.25) is 19.5 Å². The minimum atomic E-state index is -0.351. The maximum absolute atomic E-state index is 13.7. The molecule has 2 aliphatic heterocycles. The second-order valence-electron chi connectivity index (χ2n) is 10.4. The van der Waals surface area contributed by atoms with Crippen molar-refractivity contribution in [3.63, 3.8) is 0 Å². The number of carbonyl (C=O) groups excluding carboxylic acids is 2. The summed E-state index contributed by atoms with van der Waals surface area (Å²) < 4.78 is 8.41. The molecule has 2 aliphatic rings. The van der Waals surface area contributed by atoms with Gasteiger partial charge in [-0.25, -0.2) is 0 Å². The van der Waals surface area contributed by atoms with Crippen molar-refractivity contribution in [3.05, 3.63) is 101 Å². The first kappa shape index (κ1) is 24.0. The molecule has 0 saturated carbocycles. The smallest absolute Gasteiger partial charge is 0.259 e. The number of rotatable bonds is 6. The number of aromatic nitrogens is 2. The number of anilines is 1. The predicted molar refractivity (Wildman–Crippen MR) is 147 cm³/mol. The fourth-order valence-electron chi connectivity index (χ4n) is 5.60. The molecule has 192 valence electrons. The summed E-state index contributed by atoms with van der Waals surface area (Å²) in [5.74, 6) is 0.315. The van der Waals surface area contributed by atoms with Crippen LogP contribution in [0.1, 0.15) is 43.4 Å². The van der Waals surface area contributed by atoms with Gasteiger partial charge in [-0.15, -0.1) is 0 Å². The summed E-state index contributed by atoms with van der Waals surface area (Å²) in [5.41, 5.74) is 6.45. The minimum Gasteiger partial charge on any atom is -0.489 e. The third-order valence-corrected chi connectivity index (χ3v) is 7.20. The van der Waals surface area contributed by atoms with Crippen LogP contribution in [0.2, 0.25) is 0 Å². The molecule has 7 heteroatoms. The molecule has 0 saturated heterocycles. The van der Waals surface area contributed by atoms with Gasteiger partial charge in [0.25, 0.3) is 5.91 Å². The van der Waals surface area contributed by atoms with Gasteiger partial charge in [0, 0.05) is 60.3 Å². The molecule has 4 heterocycles. The Labute approximate surface area is 221 Å². The van der Waals surface area contributed by atoms with Crippen LogP contribution in [0.5, 0.6) is 5.75 Å². The summed E-state index contributed by atoms with van der Waals surface area (Å²) in [6.07, 6.45) is 5.71. The van der Waals surface area contributed by atoms with Gasteiger partial charge in [-0.1, -0.05) is 38.1 Å². The predicted octanol–water partition coefficient (Wildman–Crippen LogP) is 5.47. The highest BCUT2D eigenvalue weighted by atomic mass is 16.5. The van der Waals surface area contributed by atoms with E-state index in [4.69, 9.17) is 4.74 Å². The average Bonchev–Trinajstić information content (AvgIpc) is 3.37. The number of hydrogen-bond donors (Lipinski definition) is 1. The summed E-state index contributed by atoms with van der Waals surface area (Å²) in [7, 11) is 0. The molecule has 1 atom stereocenters. The molecule has 4 aromatic rings. The number of ether oxygens (including phenoxy) is 1. The maximum Gasteiger partial charge on any atom is 0.259 e. The van der Waals surface area contributed by atoms with Crippen LogP contribution < -0.4 is 10.1 Å². The van der Waals surface area contributed by atoms with Crippen LogP contribution in [0.3, 0.4) is 0 Å². The van der Waals surface area contributed by atoms with Gasteiger partial charge in [0.05, 0.1) is 17.6 Å². The lowest BCUT2D eigenvalue weighted by Crippen LogP contribution is -2.33. The zero-order valence-electron chi connectivity index (χ0n) is 21.8. The molecule has 0 spiro atoms. The topological polar surface area (TPSA) is 76.5 Å². The van der Waals surface area contributed by atoms with Crippen molar-refractivity contribution >= 4 is 28.4 Å². The number of benzene rings is 2. The Kier molecular flexibility index (Phi) is 5.98. The van der Waals surface area contributed by atoms with E-state index in [1.54, 1.807) is 12.4 Å². The summed E-state index contributed by atoms with van der Waals surface area (Å²) >= 11 is 0. The molecule has 2 aromatic heterocycles. The van der Waals surface area contributed by atoms with E-state index in [2.05, 4.69) is 41.0 Å². The molecule has 0 aliphatic carbocycles. The number of pyridine rings is 1. The van der Waals surface area contributed by atoms with E-state index in [0.717, 1.165) is 45.5 Å². The molecule has 2 aromatic carbocycles. The molecule has 0 fully saturated rings. The van der Waals surface area contributed by atoms with Gasteiger partial charge in [-0.2, -0.15) is 0 Å². The first-order chi connectivity index (χ1) is 18.4. The standard InChI is InChI=1S/C31H30N4O3/c1-19(2)15-34-16-24-28(22-8-4-9-23(13-22)38-18-21-7-6-12-32-14-21)30-26(17-35(20(3)36)31(30)37)33-25-10-5-11-27(34)29(24)25/h4-14,16,19,28,33H,15,17-18H2,1-3H3/t28-/m0/s1. The molecular formula is C31H30N4O3. The molecule has 0 unspecified atom stereocenters. The Morgan fingerprint density at radius 2 is 2.00 bits per heavy atom. The van der Waals surface area contributed by atoms with Crippen molar-refractivity contribution in [2.75, 3.05) is 11.9 Å². The second kappa shape index (κ2) is 9.49. The van der Waals surface area contributed by atoms with Gasteiger partial charge in [0.1, 0.15) is 12.4 Å². The van der Waals surface area contributed by atoms with Crippen molar-refractivity contribution in [2.45, 2.75) is 39.8 Å². The van der Waals surface area contributed by atoms with E-state index < -0.39 is 0 Å². The summed E-state index contributed by atoms with van der Waals surface area (Å²) in [5, 5.41) is 4.65.